The quantitative estimate of drug-likeness (QED) is 0.164. The Morgan fingerprint density at radius 1 is 0.552 bits per heavy atom. The van der Waals surface area contributed by atoms with Crippen molar-refractivity contribution in [1.29, 1.82) is 15.8 Å². The van der Waals surface area contributed by atoms with Gasteiger partial charge < -0.3 is 4.90 Å². The number of allylic oxidation sites excluding steroid dienone is 2. The third-order valence-corrected chi connectivity index (χ3v) is 14.0. The number of rotatable bonds is 5. The molecule has 6 aromatic carbocycles. The summed E-state index contributed by atoms with van der Waals surface area (Å²) in [6.45, 7) is 4.46. The van der Waals surface area contributed by atoms with Crippen LogP contribution in [0.25, 0.3) is 49.7 Å². The highest BCUT2D eigenvalue weighted by atomic mass is 15.2. The maximum absolute atomic E-state index is 9.93. The van der Waals surface area contributed by atoms with Crippen LogP contribution in [0.5, 0.6) is 0 Å². The van der Waals surface area contributed by atoms with Gasteiger partial charge in [0.25, 0.3) is 0 Å². The molecule has 0 bridgehead atoms. The summed E-state index contributed by atoms with van der Waals surface area (Å²) in [5, 5.41) is 31.6. The van der Waals surface area contributed by atoms with Crippen LogP contribution in [0.1, 0.15) is 118 Å². The number of nitriles is 3. The number of hydrogen-bond acceptors (Lipinski definition) is 4. The summed E-state index contributed by atoms with van der Waals surface area (Å²) >= 11 is 0. The Hall–Kier alpha value is -6.41. The van der Waals surface area contributed by atoms with Crippen LogP contribution < -0.4 is 4.90 Å². The zero-order chi connectivity index (χ0) is 39.5. The van der Waals surface area contributed by atoms with Crippen molar-refractivity contribution in [2.45, 2.75) is 95.3 Å². The SMILES string of the molecule is CC1(C)c2cc(C(C#N)=C(C#N)C#N)ccc2-c2ccc(-c3ccc4c5c(cccc35)-c3cc(C5CCCCC5)ccc3N4c3ccc(C4CCCCC4)cc3)cc21. The molecule has 0 amide bonds. The molecule has 0 atom stereocenters. The van der Waals surface area contributed by atoms with Crippen LogP contribution in [0.2, 0.25) is 0 Å². The predicted octanol–water partition coefficient (Wildman–Crippen LogP) is 14.7. The molecular formula is C54H46N4. The average Bonchev–Trinajstić information content (AvgIpc) is 3.50. The minimum atomic E-state index is -0.363. The molecule has 6 aromatic rings. The Labute approximate surface area is 342 Å². The molecular weight excluding hydrogens is 705 g/mol. The van der Waals surface area contributed by atoms with Crippen molar-refractivity contribution in [1.82, 2.24) is 0 Å². The van der Waals surface area contributed by atoms with Crippen LogP contribution in [0.3, 0.4) is 0 Å². The van der Waals surface area contributed by atoms with E-state index in [1.807, 2.05) is 30.3 Å². The van der Waals surface area contributed by atoms with E-state index >= 15 is 0 Å². The van der Waals surface area contributed by atoms with E-state index in [2.05, 4.69) is 116 Å². The van der Waals surface area contributed by atoms with Crippen molar-refractivity contribution in [3.63, 3.8) is 0 Å². The van der Waals surface area contributed by atoms with Crippen molar-refractivity contribution in [2.24, 2.45) is 0 Å². The first-order valence-electron chi connectivity index (χ1n) is 21.2. The van der Waals surface area contributed by atoms with Crippen LogP contribution in [-0.2, 0) is 5.41 Å². The van der Waals surface area contributed by atoms with Crippen LogP contribution in [0.4, 0.5) is 17.1 Å². The molecule has 4 nitrogen and oxygen atoms in total. The molecule has 0 N–H and O–H groups in total. The maximum atomic E-state index is 9.93. The molecule has 4 aliphatic rings. The Morgan fingerprint density at radius 3 is 1.86 bits per heavy atom. The van der Waals surface area contributed by atoms with Gasteiger partial charge in [-0.2, -0.15) is 15.8 Å². The van der Waals surface area contributed by atoms with Gasteiger partial charge in [-0.1, -0.05) is 119 Å². The van der Waals surface area contributed by atoms with Gasteiger partial charge in [0, 0.05) is 22.1 Å². The van der Waals surface area contributed by atoms with E-state index in [0.29, 0.717) is 17.4 Å². The van der Waals surface area contributed by atoms with Gasteiger partial charge >= 0.3 is 0 Å². The lowest BCUT2D eigenvalue weighted by Crippen LogP contribution is -2.16. The summed E-state index contributed by atoms with van der Waals surface area (Å²) in [4.78, 5) is 2.51. The van der Waals surface area contributed by atoms with Gasteiger partial charge in [-0.05, 0) is 141 Å². The Bertz CT molecular complexity index is 2790. The highest BCUT2D eigenvalue weighted by Crippen LogP contribution is 2.55. The molecule has 0 saturated heterocycles. The molecule has 282 valence electrons. The molecule has 2 saturated carbocycles. The second kappa shape index (κ2) is 14.2. The van der Waals surface area contributed by atoms with Gasteiger partial charge in [-0.15, -0.1) is 0 Å². The van der Waals surface area contributed by atoms with Crippen molar-refractivity contribution < 1.29 is 0 Å². The number of nitrogens with zero attached hydrogens (tertiary/aromatic N) is 4. The monoisotopic (exact) mass is 750 g/mol. The average molecular weight is 751 g/mol. The standard InChI is InChI=1S/C54H46N4/c1-54(2)49-29-38(18-23-43(49)44-24-19-39(30-50(44)54)48(33-57)40(31-55)32-56)42-25-27-52-53-45(42)14-9-15-46(53)47-28-37(35-12-7-4-8-13-35)20-26-51(47)58(52)41-21-16-36(17-22-41)34-10-5-3-6-11-34/h9,14-30,34-35H,3-8,10-13H2,1-2H3. The Balaban J connectivity index is 1.11. The van der Waals surface area contributed by atoms with E-state index in [4.69, 9.17) is 0 Å². The summed E-state index contributed by atoms with van der Waals surface area (Å²) in [5.41, 5.74) is 16.4. The summed E-state index contributed by atoms with van der Waals surface area (Å²) in [6, 6.07) is 47.0. The van der Waals surface area contributed by atoms with Gasteiger partial charge in [-0.25, -0.2) is 0 Å². The molecule has 2 fully saturated rings. The van der Waals surface area contributed by atoms with E-state index in [9.17, 15) is 15.8 Å². The molecule has 4 heteroatoms. The van der Waals surface area contributed by atoms with E-state index in [1.54, 1.807) is 0 Å². The minimum Gasteiger partial charge on any atom is -0.309 e. The molecule has 3 aliphatic carbocycles. The molecule has 0 radical (unpaired) electrons. The summed E-state index contributed by atoms with van der Waals surface area (Å²) < 4.78 is 0. The van der Waals surface area contributed by atoms with E-state index in [-0.39, 0.29) is 16.6 Å². The van der Waals surface area contributed by atoms with Crippen LogP contribution in [0, 0.1) is 34.0 Å². The molecule has 0 spiro atoms. The van der Waals surface area contributed by atoms with Crippen molar-refractivity contribution >= 4 is 33.4 Å². The largest absolute Gasteiger partial charge is 0.309 e. The zero-order valence-electron chi connectivity index (χ0n) is 33.4. The number of fused-ring (bicyclic) bond motifs is 5. The number of hydrogen-bond donors (Lipinski definition) is 0. The van der Waals surface area contributed by atoms with Gasteiger partial charge in [0.05, 0.1) is 16.9 Å². The first-order valence-corrected chi connectivity index (χ1v) is 21.2. The second-order valence-corrected chi connectivity index (χ2v) is 17.5. The van der Waals surface area contributed by atoms with Crippen molar-refractivity contribution in [3.05, 3.63) is 143 Å². The number of anilines is 3. The van der Waals surface area contributed by atoms with E-state index in [1.165, 1.54) is 137 Å². The maximum Gasteiger partial charge on any atom is 0.148 e. The fourth-order valence-electron chi connectivity index (χ4n) is 10.9. The first kappa shape index (κ1) is 36.0. The minimum absolute atomic E-state index is 0.116. The second-order valence-electron chi connectivity index (χ2n) is 17.5. The Kier molecular flexibility index (Phi) is 8.81. The first-order chi connectivity index (χ1) is 28.4. The van der Waals surface area contributed by atoms with Crippen molar-refractivity contribution in [3.8, 4) is 51.6 Å². The topological polar surface area (TPSA) is 74.6 Å². The third kappa shape index (κ3) is 5.68. The molecule has 0 aromatic heterocycles. The summed E-state index contributed by atoms with van der Waals surface area (Å²) in [7, 11) is 0. The highest BCUT2D eigenvalue weighted by molar-refractivity contribution is 6.17. The fraction of sp³-hybridized carbons (Fsp3) is 0.278. The molecule has 10 rings (SSSR count). The number of benzene rings is 6. The molecule has 58 heavy (non-hydrogen) atoms. The molecule has 1 aliphatic heterocycles. The van der Waals surface area contributed by atoms with Crippen LogP contribution in [0.15, 0.2) is 115 Å². The lowest BCUT2D eigenvalue weighted by molar-refractivity contribution is 0.443. The summed E-state index contributed by atoms with van der Waals surface area (Å²) in [6.07, 6.45) is 13.1. The van der Waals surface area contributed by atoms with E-state index < -0.39 is 0 Å². The van der Waals surface area contributed by atoms with Crippen molar-refractivity contribution in [2.75, 3.05) is 4.90 Å². The van der Waals surface area contributed by atoms with Crippen LogP contribution >= 0.6 is 0 Å². The third-order valence-electron chi connectivity index (χ3n) is 14.0. The molecule has 0 unspecified atom stereocenters. The fourth-order valence-corrected chi connectivity index (χ4v) is 10.9. The summed E-state index contributed by atoms with van der Waals surface area (Å²) in [5.74, 6) is 1.28. The van der Waals surface area contributed by atoms with Gasteiger partial charge in [0.1, 0.15) is 23.8 Å². The van der Waals surface area contributed by atoms with Gasteiger partial charge in [-0.3, -0.25) is 0 Å². The van der Waals surface area contributed by atoms with Gasteiger partial charge in [0.15, 0.2) is 0 Å². The molecule has 1 heterocycles. The Morgan fingerprint density at radius 2 is 1.17 bits per heavy atom. The van der Waals surface area contributed by atoms with Crippen LogP contribution in [-0.4, -0.2) is 0 Å². The van der Waals surface area contributed by atoms with E-state index in [0.717, 1.165) is 11.1 Å². The smallest absolute Gasteiger partial charge is 0.148 e. The lowest BCUT2D eigenvalue weighted by Gasteiger charge is -2.35. The van der Waals surface area contributed by atoms with Gasteiger partial charge in [0.2, 0.25) is 0 Å². The predicted molar refractivity (Wildman–Crippen MR) is 236 cm³/mol. The normalized spacial score (nSPS) is 16.7. The zero-order valence-corrected chi connectivity index (χ0v) is 33.4. The lowest BCUT2D eigenvalue weighted by atomic mass is 9.80. The highest BCUT2D eigenvalue weighted by Gasteiger charge is 2.37.